The summed E-state index contributed by atoms with van der Waals surface area (Å²) in [5.74, 6) is 0.315. The molecule has 1 amide bonds. The van der Waals surface area contributed by atoms with Gasteiger partial charge in [0.1, 0.15) is 18.0 Å². The van der Waals surface area contributed by atoms with E-state index in [1.54, 1.807) is 18.5 Å². The van der Waals surface area contributed by atoms with Crippen molar-refractivity contribution in [2.24, 2.45) is 5.92 Å². The molecule has 0 aliphatic carbocycles. The molecule has 6 heteroatoms. The highest BCUT2D eigenvalue weighted by atomic mass is 19.1. The summed E-state index contributed by atoms with van der Waals surface area (Å²) in [7, 11) is 0. The second kappa shape index (κ2) is 8.17. The number of hydrogen-bond acceptors (Lipinski definition) is 4. The van der Waals surface area contributed by atoms with Gasteiger partial charge < -0.3 is 10.2 Å². The highest BCUT2D eigenvalue weighted by Crippen LogP contribution is 2.25. The zero-order chi connectivity index (χ0) is 19.3. The maximum absolute atomic E-state index is 13.0. The summed E-state index contributed by atoms with van der Waals surface area (Å²) >= 11 is 0. The van der Waals surface area contributed by atoms with Gasteiger partial charge in [0.25, 0.3) is 0 Å². The summed E-state index contributed by atoms with van der Waals surface area (Å²) in [5, 5.41) is 2.88. The average molecular weight is 376 g/mol. The number of nitrogens with zero attached hydrogens (tertiary/aromatic N) is 3. The molecule has 1 fully saturated rings. The lowest BCUT2D eigenvalue weighted by molar-refractivity contribution is -0.120. The van der Waals surface area contributed by atoms with Crippen LogP contribution in [-0.4, -0.2) is 29.0 Å². The topological polar surface area (TPSA) is 58.1 Å². The third kappa shape index (κ3) is 4.17. The van der Waals surface area contributed by atoms with Gasteiger partial charge in [0, 0.05) is 30.4 Å². The quantitative estimate of drug-likeness (QED) is 0.744. The number of rotatable bonds is 4. The van der Waals surface area contributed by atoms with Crippen LogP contribution in [0.4, 0.5) is 15.9 Å². The molecular weight excluding hydrogens is 355 g/mol. The van der Waals surface area contributed by atoms with Gasteiger partial charge in [0.15, 0.2) is 0 Å². The summed E-state index contributed by atoms with van der Waals surface area (Å²) in [5.41, 5.74) is 2.51. The molecule has 5 nitrogen and oxygen atoms in total. The van der Waals surface area contributed by atoms with Crippen LogP contribution in [0.15, 0.2) is 67.0 Å². The number of carbonyl (C=O) groups excluding carboxylic acids is 1. The Balaban J connectivity index is 1.46. The van der Waals surface area contributed by atoms with Gasteiger partial charge in [-0.15, -0.1) is 0 Å². The maximum Gasteiger partial charge on any atom is 0.229 e. The van der Waals surface area contributed by atoms with Crippen molar-refractivity contribution in [2.75, 3.05) is 23.3 Å². The Morgan fingerprint density at radius 2 is 1.86 bits per heavy atom. The predicted molar refractivity (Wildman–Crippen MR) is 107 cm³/mol. The first kappa shape index (κ1) is 18.1. The molecule has 0 bridgehead atoms. The van der Waals surface area contributed by atoms with E-state index in [0.717, 1.165) is 36.5 Å². The molecule has 2 aromatic carbocycles. The molecule has 0 spiro atoms. The van der Waals surface area contributed by atoms with Gasteiger partial charge in [-0.1, -0.05) is 30.3 Å². The van der Waals surface area contributed by atoms with Crippen LogP contribution >= 0.6 is 0 Å². The molecule has 0 radical (unpaired) electrons. The molecule has 1 saturated heterocycles. The lowest BCUT2D eigenvalue weighted by atomic mass is 9.97. The fourth-order valence-corrected chi connectivity index (χ4v) is 3.46. The number of carbonyl (C=O) groups is 1. The van der Waals surface area contributed by atoms with Crippen molar-refractivity contribution in [2.45, 2.75) is 12.8 Å². The highest BCUT2D eigenvalue weighted by molar-refractivity contribution is 5.93. The molecular formula is C22H21FN4O. The zero-order valence-corrected chi connectivity index (χ0v) is 15.4. The second-order valence-electron chi connectivity index (χ2n) is 6.91. The molecule has 1 unspecified atom stereocenters. The van der Waals surface area contributed by atoms with Gasteiger partial charge in [-0.05, 0) is 37.1 Å². The summed E-state index contributed by atoms with van der Waals surface area (Å²) < 4.78 is 13.0. The monoisotopic (exact) mass is 376 g/mol. The second-order valence-corrected chi connectivity index (χ2v) is 6.91. The molecule has 142 valence electrons. The van der Waals surface area contributed by atoms with Crippen molar-refractivity contribution >= 4 is 17.4 Å². The number of aromatic nitrogens is 2. The molecule has 3 aromatic rings. The first-order valence-corrected chi connectivity index (χ1v) is 9.38. The van der Waals surface area contributed by atoms with Crippen molar-refractivity contribution in [3.05, 3.63) is 72.8 Å². The lowest BCUT2D eigenvalue weighted by Crippen LogP contribution is -2.41. The number of halogens is 1. The highest BCUT2D eigenvalue weighted by Gasteiger charge is 2.27. The zero-order valence-electron chi connectivity index (χ0n) is 15.4. The Hall–Kier alpha value is -3.28. The standard InChI is InChI=1S/C22H21FN4O/c23-18-8-10-19(11-9-18)26-22(28)17-7-4-12-27(14-17)21-13-20(24-15-25-21)16-5-2-1-3-6-16/h1-3,5-6,8-11,13,15,17H,4,7,12,14H2,(H,26,28). The minimum Gasteiger partial charge on any atom is -0.356 e. The van der Waals surface area contributed by atoms with Gasteiger partial charge in [-0.3, -0.25) is 4.79 Å². The third-order valence-corrected chi connectivity index (χ3v) is 4.95. The normalized spacial score (nSPS) is 16.6. The Labute approximate surface area is 163 Å². The van der Waals surface area contributed by atoms with Crippen LogP contribution in [0.3, 0.4) is 0 Å². The largest absolute Gasteiger partial charge is 0.356 e. The van der Waals surface area contributed by atoms with Crippen molar-refractivity contribution in [1.82, 2.24) is 9.97 Å². The van der Waals surface area contributed by atoms with E-state index < -0.39 is 0 Å². The first-order chi connectivity index (χ1) is 13.7. The molecule has 2 heterocycles. The summed E-state index contributed by atoms with van der Waals surface area (Å²) in [6.45, 7) is 1.45. The van der Waals surface area contributed by atoms with Crippen molar-refractivity contribution in [1.29, 1.82) is 0 Å². The summed E-state index contributed by atoms with van der Waals surface area (Å²) in [6.07, 6.45) is 3.30. The number of anilines is 2. The van der Waals surface area contributed by atoms with E-state index in [1.807, 2.05) is 36.4 Å². The van der Waals surface area contributed by atoms with E-state index in [1.165, 1.54) is 12.1 Å². The van der Waals surface area contributed by atoms with Crippen molar-refractivity contribution < 1.29 is 9.18 Å². The van der Waals surface area contributed by atoms with Crippen LogP contribution in [0.1, 0.15) is 12.8 Å². The number of benzene rings is 2. The Morgan fingerprint density at radius 3 is 2.64 bits per heavy atom. The molecule has 4 rings (SSSR count). The lowest BCUT2D eigenvalue weighted by Gasteiger charge is -2.33. The van der Waals surface area contributed by atoms with Crippen LogP contribution in [0.2, 0.25) is 0 Å². The van der Waals surface area contributed by atoms with Gasteiger partial charge in [-0.2, -0.15) is 0 Å². The van der Waals surface area contributed by atoms with Gasteiger partial charge >= 0.3 is 0 Å². The first-order valence-electron chi connectivity index (χ1n) is 9.38. The maximum atomic E-state index is 13.0. The van der Waals surface area contributed by atoms with Gasteiger partial charge in [0.05, 0.1) is 11.6 Å². The molecule has 1 N–H and O–H groups in total. The van der Waals surface area contributed by atoms with Crippen LogP contribution in [0.5, 0.6) is 0 Å². The molecule has 28 heavy (non-hydrogen) atoms. The van der Waals surface area contributed by atoms with E-state index in [9.17, 15) is 9.18 Å². The Kier molecular flexibility index (Phi) is 5.28. The summed E-state index contributed by atoms with van der Waals surface area (Å²) in [4.78, 5) is 23.6. The predicted octanol–water partition coefficient (Wildman–Crippen LogP) is 4.14. The molecule has 1 aliphatic rings. The summed E-state index contributed by atoms with van der Waals surface area (Å²) in [6, 6.07) is 17.8. The van der Waals surface area contributed by atoms with Crippen LogP contribution in [0, 0.1) is 11.7 Å². The van der Waals surface area contributed by atoms with Crippen molar-refractivity contribution in [3.63, 3.8) is 0 Å². The molecule has 0 saturated carbocycles. The number of amides is 1. The Morgan fingerprint density at radius 1 is 1.07 bits per heavy atom. The van der Waals surface area contributed by atoms with E-state index in [-0.39, 0.29) is 17.6 Å². The smallest absolute Gasteiger partial charge is 0.229 e. The molecule has 1 aliphatic heterocycles. The van der Waals surface area contributed by atoms with E-state index >= 15 is 0 Å². The van der Waals surface area contributed by atoms with Crippen LogP contribution < -0.4 is 10.2 Å². The van der Waals surface area contributed by atoms with Crippen LogP contribution in [-0.2, 0) is 4.79 Å². The fourth-order valence-electron chi connectivity index (χ4n) is 3.46. The molecule has 1 aromatic heterocycles. The number of hydrogen-bond donors (Lipinski definition) is 1. The SMILES string of the molecule is O=C(Nc1ccc(F)cc1)C1CCCN(c2cc(-c3ccccc3)ncn2)C1. The Bertz CT molecular complexity index is 946. The average Bonchev–Trinajstić information content (AvgIpc) is 2.76. The number of piperidine rings is 1. The minimum absolute atomic E-state index is 0.0475. The molecule has 1 atom stereocenters. The van der Waals surface area contributed by atoms with Gasteiger partial charge in [-0.25, -0.2) is 14.4 Å². The minimum atomic E-state index is -0.320. The van der Waals surface area contributed by atoms with Gasteiger partial charge in [0.2, 0.25) is 5.91 Å². The van der Waals surface area contributed by atoms with Crippen molar-refractivity contribution in [3.8, 4) is 11.3 Å². The third-order valence-electron chi connectivity index (χ3n) is 4.95. The van der Waals surface area contributed by atoms with Crippen LogP contribution in [0.25, 0.3) is 11.3 Å². The van der Waals surface area contributed by atoms with E-state index in [0.29, 0.717) is 12.2 Å². The fraction of sp³-hybridized carbons (Fsp3) is 0.227. The number of nitrogens with one attached hydrogen (secondary N) is 1. The van der Waals surface area contributed by atoms with E-state index in [4.69, 9.17) is 0 Å². The van der Waals surface area contributed by atoms with E-state index in [2.05, 4.69) is 20.2 Å².